The molecule has 26 heavy (non-hydrogen) atoms. The topological polar surface area (TPSA) is 73.9 Å². The average Bonchev–Trinajstić information content (AvgIpc) is 2.94. The van der Waals surface area contributed by atoms with Crippen LogP contribution in [0, 0.1) is 0 Å². The number of hydrogen-bond acceptors (Lipinski definition) is 3. The fourth-order valence-corrected chi connectivity index (χ4v) is 3.96. The lowest BCUT2D eigenvalue weighted by molar-refractivity contribution is 0.133. The number of benzene rings is 1. The zero-order chi connectivity index (χ0) is 18.8. The molecule has 1 aromatic rings. The minimum absolute atomic E-state index is 0.0231. The van der Waals surface area contributed by atoms with Gasteiger partial charge in [0.05, 0.1) is 19.2 Å². The number of methoxy groups -OCH3 is 1. The summed E-state index contributed by atoms with van der Waals surface area (Å²) in [6, 6.07) is 5.41. The molecule has 0 aromatic heterocycles. The molecule has 2 aliphatic rings. The third-order valence-corrected chi connectivity index (χ3v) is 5.23. The first-order valence-corrected chi connectivity index (χ1v) is 9.22. The summed E-state index contributed by atoms with van der Waals surface area (Å²) in [7, 11) is 1.59. The lowest BCUT2D eigenvalue weighted by atomic mass is 9.99. The molecule has 3 rings (SSSR count). The summed E-state index contributed by atoms with van der Waals surface area (Å²) in [6.45, 7) is 5.49. The third kappa shape index (κ3) is 3.67. The molecule has 0 saturated carbocycles. The van der Waals surface area contributed by atoms with Crippen molar-refractivity contribution in [3.05, 3.63) is 28.8 Å². The summed E-state index contributed by atoms with van der Waals surface area (Å²) >= 11 is 6.03. The third-order valence-electron chi connectivity index (χ3n) is 4.99. The summed E-state index contributed by atoms with van der Waals surface area (Å²) in [5, 5.41) is 6.51. The number of urea groups is 2. The van der Waals surface area contributed by atoms with E-state index in [1.54, 1.807) is 30.2 Å². The van der Waals surface area contributed by atoms with E-state index in [2.05, 4.69) is 10.6 Å². The van der Waals surface area contributed by atoms with Crippen LogP contribution in [0.5, 0.6) is 5.75 Å². The van der Waals surface area contributed by atoms with Gasteiger partial charge < -0.3 is 25.2 Å². The average molecular weight is 381 g/mol. The molecule has 2 fully saturated rings. The number of carbonyl (C=O) groups is 2. The highest BCUT2D eigenvalue weighted by Gasteiger charge is 2.44. The van der Waals surface area contributed by atoms with Gasteiger partial charge in [-0.05, 0) is 38.5 Å². The van der Waals surface area contributed by atoms with E-state index in [1.165, 1.54) is 0 Å². The number of fused-ring (bicyclic) bond motifs is 1. The molecule has 2 aliphatic heterocycles. The van der Waals surface area contributed by atoms with E-state index in [0.717, 1.165) is 12.0 Å². The minimum Gasteiger partial charge on any atom is -0.496 e. The normalized spacial score (nSPS) is 22.3. The fraction of sp³-hybridized carbons (Fsp3) is 0.556. The van der Waals surface area contributed by atoms with Crippen LogP contribution in [0.2, 0.25) is 5.02 Å². The number of halogens is 1. The van der Waals surface area contributed by atoms with Crippen molar-refractivity contribution in [3.8, 4) is 5.75 Å². The Morgan fingerprint density at radius 3 is 2.92 bits per heavy atom. The van der Waals surface area contributed by atoms with Crippen molar-refractivity contribution in [2.45, 2.75) is 44.9 Å². The summed E-state index contributed by atoms with van der Waals surface area (Å²) < 4.78 is 5.30. The maximum absolute atomic E-state index is 12.6. The smallest absolute Gasteiger partial charge is 0.318 e. The Morgan fingerprint density at radius 2 is 2.23 bits per heavy atom. The van der Waals surface area contributed by atoms with Gasteiger partial charge in [-0.1, -0.05) is 11.6 Å². The molecule has 2 saturated heterocycles. The lowest BCUT2D eigenvalue weighted by Gasteiger charge is -2.37. The number of likely N-dealkylation sites (tertiary alicyclic amines) is 1. The van der Waals surface area contributed by atoms with E-state index in [-0.39, 0.29) is 30.2 Å². The lowest BCUT2D eigenvalue weighted by Crippen LogP contribution is -2.55. The highest BCUT2D eigenvalue weighted by atomic mass is 35.5. The van der Waals surface area contributed by atoms with E-state index in [9.17, 15) is 9.59 Å². The van der Waals surface area contributed by atoms with E-state index < -0.39 is 0 Å². The molecule has 0 unspecified atom stereocenters. The Balaban J connectivity index is 1.59. The van der Waals surface area contributed by atoms with Gasteiger partial charge in [0.25, 0.3) is 0 Å². The van der Waals surface area contributed by atoms with Crippen LogP contribution in [0.25, 0.3) is 0 Å². The number of hydrogen-bond donors (Lipinski definition) is 2. The van der Waals surface area contributed by atoms with Gasteiger partial charge in [0, 0.05) is 36.3 Å². The van der Waals surface area contributed by atoms with Crippen LogP contribution in [0.15, 0.2) is 18.2 Å². The number of piperidine rings is 1. The first kappa shape index (κ1) is 18.6. The molecule has 1 aromatic carbocycles. The zero-order valence-electron chi connectivity index (χ0n) is 15.3. The summed E-state index contributed by atoms with van der Waals surface area (Å²) in [5.41, 5.74) is 0.823. The second kappa shape index (κ2) is 7.61. The van der Waals surface area contributed by atoms with Crippen LogP contribution in [0.1, 0.15) is 25.8 Å². The first-order valence-electron chi connectivity index (χ1n) is 8.84. The molecular formula is C18H25ClN4O3. The molecule has 0 aliphatic carbocycles. The molecule has 8 heteroatoms. The quantitative estimate of drug-likeness (QED) is 0.842. The molecule has 2 heterocycles. The largest absolute Gasteiger partial charge is 0.496 e. The Kier molecular flexibility index (Phi) is 5.46. The molecule has 142 valence electrons. The molecule has 0 radical (unpaired) electrons. The predicted octanol–water partition coefficient (Wildman–Crippen LogP) is 2.43. The van der Waals surface area contributed by atoms with E-state index in [1.807, 2.05) is 18.7 Å². The van der Waals surface area contributed by atoms with Crippen molar-refractivity contribution >= 4 is 23.7 Å². The van der Waals surface area contributed by atoms with Crippen LogP contribution < -0.4 is 15.4 Å². The molecular weight excluding hydrogens is 356 g/mol. The van der Waals surface area contributed by atoms with Gasteiger partial charge in [-0.3, -0.25) is 0 Å². The van der Waals surface area contributed by atoms with Crippen molar-refractivity contribution in [1.29, 1.82) is 0 Å². The Labute approximate surface area is 158 Å². The zero-order valence-corrected chi connectivity index (χ0v) is 16.0. The number of nitrogens with one attached hydrogen (secondary N) is 2. The van der Waals surface area contributed by atoms with Gasteiger partial charge in [-0.15, -0.1) is 0 Å². The van der Waals surface area contributed by atoms with E-state index >= 15 is 0 Å². The fourth-order valence-electron chi connectivity index (χ4n) is 3.77. The van der Waals surface area contributed by atoms with Gasteiger partial charge >= 0.3 is 12.1 Å². The van der Waals surface area contributed by atoms with Gasteiger partial charge in [0.2, 0.25) is 0 Å². The van der Waals surface area contributed by atoms with E-state index in [0.29, 0.717) is 30.4 Å². The van der Waals surface area contributed by atoms with Gasteiger partial charge in [-0.2, -0.15) is 0 Å². The monoisotopic (exact) mass is 380 g/mol. The molecule has 2 N–H and O–H groups in total. The van der Waals surface area contributed by atoms with Gasteiger partial charge in [-0.25, -0.2) is 9.59 Å². The van der Waals surface area contributed by atoms with Crippen molar-refractivity contribution in [1.82, 2.24) is 20.4 Å². The molecule has 0 bridgehead atoms. The van der Waals surface area contributed by atoms with Crippen LogP contribution in [0.3, 0.4) is 0 Å². The highest BCUT2D eigenvalue weighted by molar-refractivity contribution is 6.30. The molecule has 7 nitrogen and oxygen atoms in total. The Morgan fingerprint density at radius 1 is 1.46 bits per heavy atom. The Hall–Kier alpha value is -2.15. The number of carbonyl (C=O) groups excluding carboxylic acids is 2. The van der Waals surface area contributed by atoms with Crippen LogP contribution in [-0.4, -0.2) is 60.2 Å². The number of ether oxygens (including phenoxy) is 1. The van der Waals surface area contributed by atoms with Gasteiger partial charge in [0.1, 0.15) is 5.75 Å². The SMILES string of the molecule is COc1ccc(Cl)cc1CNC(=O)N1CC[C@H]2[C@@H](C1)NC(=O)N2C(C)C. The highest BCUT2D eigenvalue weighted by Crippen LogP contribution is 2.25. The molecule has 0 spiro atoms. The Bertz CT molecular complexity index is 697. The van der Waals surface area contributed by atoms with Gasteiger partial charge in [0.15, 0.2) is 0 Å². The van der Waals surface area contributed by atoms with Crippen molar-refractivity contribution in [3.63, 3.8) is 0 Å². The van der Waals surface area contributed by atoms with Crippen molar-refractivity contribution in [2.24, 2.45) is 0 Å². The number of nitrogens with zero attached hydrogens (tertiary/aromatic N) is 2. The first-order chi connectivity index (χ1) is 12.4. The van der Waals surface area contributed by atoms with Crippen molar-refractivity contribution < 1.29 is 14.3 Å². The van der Waals surface area contributed by atoms with E-state index in [4.69, 9.17) is 16.3 Å². The maximum atomic E-state index is 12.6. The van der Waals surface area contributed by atoms with Crippen molar-refractivity contribution in [2.75, 3.05) is 20.2 Å². The summed E-state index contributed by atoms with van der Waals surface area (Å²) in [5.74, 6) is 0.684. The van der Waals surface area contributed by atoms with Crippen LogP contribution in [-0.2, 0) is 6.54 Å². The number of amides is 4. The minimum atomic E-state index is -0.150. The maximum Gasteiger partial charge on any atom is 0.318 e. The second-order valence-electron chi connectivity index (χ2n) is 6.97. The molecule has 4 amide bonds. The van der Waals surface area contributed by atoms with Crippen LogP contribution in [0.4, 0.5) is 9.59 Å². The summed E-state index contributed by atoms with van der Waals surface area (Å²) in [6.07, 6.45) is 0.773. The summed E-state index contributed by atoms with van der Waals surface area (Å²) in [4.78, 5) is 28.3. The number of rotatable bonds is 4. The standard InChI is InChI=1S/C18H25ClN4O3/c1-11(2)23-15-6-7-22(10-14(15)21-18(23)25)17(24)20-9-12-8-13(19)4-5-16(12)26-3/h4-5,8,11,14-15H,6-7,9-10H2,1-3H3,(H,20,24)(H,21,25)/t14-,15+/m1/s1. The van der Waals surface area contributed by atoms with Crippen LogP contribution >= 0.6 is 11.6 Å². The predicted molar refractivity (Wildman–Crippen MR) is 99.5 cm³/mol. The molecule has 2 atom stereocenters. The second-order valence-corrected chi connectivity index (χ2v) is 7.41.